The molecule has 42 heavy (non-hydrogen) atoms. The van der Waals surface area contributed by atoms with Crippen molar-refractivity contribution in [2.45, 2.75) is 104 Å². The van der Waals surface area contributed by atoms with Crippen LogP contribution in [0.25, 0.3) is 0 Å². The lowest BCUT2D eigenvalue weighted by atomic mass is 9.70. The van der Waals surface area contributed by atoms with E-state index in [4.69, 9.17) is 14.2 Å². The Morgan fingerprint density at radius 3 is 2.33 bits per heavy atom. The van der Waals surface area contributed by atoms with E-state index < -0.39 is 5.82 Å². The van der Waals surface area contributed by atoms with Crippen LogP contribution in [0.1, 0.15) is 102 Å². The van der Waals surface area contributed by atoms with Gasteiger partial charge in [0.2, 0.25) is 5.91 Å². The molecule has 8 nitrogen and oxygen atoms in total. The number of hydrogen-bond donors (Lipinski definition) is 2. The third-order valence-corrected chi connectivity index (χ3v) is 10.6. The van der Waals surface area contributed by atoms with Crippen molar-refractivity contribution in [3.05, 3.63) is 23.5 Å². The summed E-state index contributed by atoms with van der Waals surface area (Å²) in [7, 11) is 1.41. The summed E-state index contributed by atoms with van der Waals surface area (Å²) < 4.78 is 31.7. The zero-order valence-electron chi connectivity index (χ0n) is 25.6. The second-order valence-corrected chi connectivity index (χ2v) is 13.8. The number of benzene rings is 1. The Kier molecular flexibility index (Phi) is 9.05. The molecule has 4 atom stereocenters. The standard InChI is InChI=1S/C33H47FN2O6/c1-5-41-27(37)18-32(2)13-9-22(10-14-32)42-26-16-23(25(40-4)17-24(26)34)30(38)36-29-21-8-7-20(15-21)28(29)31(39)35-19-33(3)11-6-12-33/h16-17,20-22,28-29H,5-15,18-19H2,1-4H3,(H,35,39)(H,36,38). The molecule has 232 valence electrons. The van der Waals surface area contributed by atoms with Gasteiger partial charge >= 0.3 is 5.97 Å². The highest BCUT2D eigenvalue weighted by Crippen LogP contribution is 2.49. The van der Waals surface area contributed by atoms with Gasteiger partial charge in [-0.15, -0.1) is 0 Å². The number of methoxy groups -OCH3 is 1. The second-order valence-electron chi connectivity index (χ2n) is 13.8. The van der Waals surface area contributed by atoms with Crippen LogP contribution >= 0.6 is 0 Å². The molecule has 0 aromatic heterocycles. The van der Waals surface area contributed by atoms with E-state index in [9.17, 15) is 14.4 Å². The third-order valence-electron chi connectivity index (χ3n) is 10.6. The summed E-state index contributed by atoms with van der Waals surface area (Å²) in [5.41, 5.74) is 0.206. The molecular weight excluding hydrogens is 539 g/mol. The number of carbonyl (C=O) groups is 3. The maximum Gasteiger partial charge on any atom is 0.306 e. The second kappa shape index (κ2) is 12.4. The van der Waals surface area contributed by atoms with E-state index in [0.717, 1.165) is 44.9 Å². The molecule has 4 unspecified atom stereocenters. The fraction of sp³-hybridized carbons (Fsp3) is 0.727. The van der Waals surface area contributed by atoms with Crippen molar-refractivity contribution >= 4 is 17.8 Å². The Hall–Kier alpha value is -2.84. The quantitative estimate of drug-likeness (QED) is 0.329. The molecule has 4 aliphatic carbocycles. The smallest absolute Gasteiger partial charge is 0.306 e. The zero-order chi connectivity index (χ0) is 30.1. The van der Waals surface area contributed by atoms with Gasteiger partial charge in [-0.2, -0.15) is 0 Å². The number of nitrogens with one attached hydrogen (secondary N) is 2. The molecule has 0 heterocycles. The molecule has 4 fully saturated rings. The maximum atomic E-state index is 15.1. The first-order valence-electron chi connectivity index (χ1n) is 15.8. The van der Waals surface area contributed by atoms with Crippen molar-refractivity contribution in [1.82, 2.24) is 10.6 Å². The van der Waals surface area contributed by atoms with Gasteiger partial charge in [-0.25, -0.2) is 4.39 Å². The highest BCUT2D eigenvalue weighted by molar-refractivity contribution is 5.98. The average Bonchev–Trinajstić information content (AvgIpc) is 3.55. The Bertz CT molecular complexity index is 1180. The minimum atomic E-state index is -0.593. The normalized spacial score (nSPS) is 31.1. The molecule has 2 amide bonds. The van der Waals surface area contributed by atoms with Crippen LogP contribution in [0.15, 0.2) is 12.1 Å². The molecule has 0 aliphatic heterocycles. The monoisotopic (exact) mass is 586 g/mol. The lowest BCUT2D eigenvalue weighted by Crippen LogP contribution is -2.51. The van der Waals surface area contributed by atoms with Gasteiger partial charge < -0.3 is 24.8 Å². The molecule has 0 saturated heterocycles. The lowest BCUT2D eigenvalue weighted by Gasteiger charge is -2.39. The molecule has 0 radical (unpaired) electrons. The van der Waals surface area contributed by atoms with Crippen molar-refractivity contribution in [2.75, 3.05) is 20.3 Å². The predicted octanol–water partition coefficient (Wildman–Crippen LogP) is 5.57. The number of ether oxygens (including phenoxy) is 3. The molecule has 0 spiro atoms. The Morgan fingerprint density at radius 2 is 1.69 bits per heavy atom. The maximum absolute atomic E-state index is 15.1. The van der Waals surface area contributed by atoms with Crippen LogP contribution in [0.3, 0.4) is 0 Å². The molecule has 2 bridgehead atoms. The minimum absolute atomic E-state index is 0.0101. The summed E-state index contributed by atoms with van der Waals surface area (Å²) in [5.74, 6) is -0.743. The number of esters is 1. The topological polar surface area (TPSA) is 103 Å². The van der Waals surface area contributed by atoms with E-state index >= 15 is 4.39 Å². The summed E-state index contributed by atoms with van der Waals surface area (Å²) >= 11 is 0. The molecule has 2 N–H and O–H groups in total. The number of hydrogen-bond acceptors (Lipinski definition) is 6. The fourth-order valence-corrected chi connectivity index (χ4v) is 7.78. The van der Waals surface area contributed by atoms with E-state index in [0.29, 0.717) is 32.4 Å². The van der Waals surface area contributed by atoms with Gasteiger partial charge in [0.25, 0.3) is 5.91 Å². The van der Waals surface area contributed by atoms with E-state index in [1.165, 1.54) is 25.7 Å². The van der Waals surface area contributed by atoms with E-state index in [-0.39, 0.29) is 75.6 Å². The summed E-state index contributed by atoms with van der Waals surface area (Å²) in [4.78, 5) is 39.0. The molecule has 1 aromatic carbocycles. The molecular formula is C33H47FN2O6. The summed E-state index contributed by atoms with van der Waals surface area (Å²) in [5, 5.41) is 6.34. The van der Waals surface area contributed by atoms with Gasteiger partial charge in [0.1, 0.15) is 5.75 Å². The van der Waals surface area contributed by atoms with E-state index in [1.54, 1.807) is 6.92 Å². The third kappa shape index (κ3) is 6.55. The minimum Gasteiger partial charge on any atom is -0.496 e. The first-order chi connectivity index (χ1) is 20.0. The summed E-state index contributed by atoms with van der Waals surface area (Å²) in [6, 6.07) is 2.36. The SMILES string of the molecule is CCOC(=O)CC1(C)CCC(Oc2cc(C(=O)NC3C4CCC(C4)C3C(=O)NCC3(C)CCC3)c(OC)cc2F)CC1. The van der Waals surface area contributed by atoms with Gasteiger partial charge in [0.05, 0.1) is 37.7 Å². The van der Waals surface area contributed by atoms with Gasteiger partial charge in [0, 0.05) is 18.7 Å². The number of halogens is 1. The predicted molar refractivity (Wildman–Crippen MR) is 156 cm³/mol. The van der Waals surface area contributed by atoms with Crippen molar-refractivity contribution in [3.8, 4) is 11.5 Å². The van der Waals surface area contributed by atoms with Crippen LogP contribution < -0.4 is 20.1 Å². The number of fused-ring (bicyclic) bond motifs is 2. The highest BCUT2D eigenvalue weighted by atomic mass is 19.1. The molecule has 5 rings (SSSR count). The Labute approximate surface area is 248 Å². The zero-order valence-corrected chi connectivity index (χ0v) is 25.6. The van der Waals surface area contributed by atoms with Crippen LogP contribution in [0.5, 0.6) is 11.5 Å². The van der Waals surface area contributed by atoms with Crippen molar-refractivity contribution in [3.63, 3.8) is 0 Å². The number of amides is 2. The lowest BCUT2D eigenvalue weighted by molar-refractivity contribution is -0.146. The molecule has 4 aliphatic rings. The van der Waals surface area contributed by atoms with Crippen LogP contribution in [0.4, 0.5) is 4.39 Å². The molecule has 1 aromatic rings. The molecule has 4 saturated carbocycles. The number of rotatable bonds is 11. The number of carbonyl (C=O) groups excluding carboxylic acids is 3. The van der Waals surface area contributed by atoms with E-state index in [1.807, 2.05) is 0 Å². The van der Waals surface area contributed by atoms with E-state index in [2.05, 4.69) is 24.5 Å². The van der Waals surface area contributed by atoms with Gasteiger partial charge in [-0.3, -0.25) is 14.4 Å². The Balaban J connectivity index is 1.24. The van der Waals surface area contributed by atoms with Crippen molar-refractivity contribution in [1.29, 1.82) is 0 Å². The fourth-order valence-electron chi connectivity index (χ4n) is 7.78. The van der Waals surface area contributed by atoms with Gasteiger partial charge in [-0.1, -0.05) is 20.3 Å². The van der Waals surface area contributed by atoms with Crippen LogP contribution in [0.2, 0.25) is 0 Å². The summed E-state index contributed by atoms with van der Waals surface area (Å²) in [6.07, 6.45) is 9.39. The van der Waals surface area contributed by atoms with Gasteiger partial charge in [-0.05, 0) is 93.4 Å². The first-order valence-corrected chi connectivity index (χ1v) is 15.8. The Morgan fingerprint density at radius 1 is 0.976 bits per heavy atom. The van der Waals surface area contributed by atoms with Crippen molar-refractivity contribution < 1.29 is 33.0 Å². The largest absolute Gasteiger partial charge is 0.496 e. The molecule has 9 heteroatoms. The summed E-state index contributed by atoms with van der Waals surface area (Å²) in [6.45, 7) is 7.13. The average molecular weight is 587 g/mol. The van der Waals surface area contributed by atoms with Gasteiger partial charge in [0.15, 0.2) is 11.6 Å². The highest BCUT2D eigenvalue weighted by Gasteiger charge is 2.51. The first kappa shape index (κ1) is 30.6. The van der Waals surface area contributed by atoms with Crippen LogP contribution in [-0.4, -0.2) is 50.2 Å². The van der Waals surface area contributed by atoms with Crippen LogP contribution in [0, 0.1) is 34.4 Å². The van der Waals surface area contributed by atoms with Crippen LogP contribution in [-0.2, 0) is 14.3 Å². The van der Waals surface area contributed by atoms with Crippen molar-refractivity contribution in [2.24, 2.45) is 28.6 Å².